The third-order valence-corrected chi connectivity index (χ3v) is 5.83. The first-order chi connectivity index (χ1) is 13.4. The fraction of sp³-hybridized carbons (Fsp3) is 0.391. The number of ketones is 1. The summed E-state index contributed by atoms with van der Waals surface area (Å²) in [6.45, 7) is 1.72. The Balaban J connectivity index is 1.48. The number of phenols is 1. The molecule has 0 aromatic heterocycles. The standard InChI is InChI=1S/C23H26ClNO3/c1-15(21(26)11-9-18-14-20(24)10-12-22(18)27)25-23(28)19-8-7-17(13-19)16-5-3-2-4-6-16/h2-6,10,12,14-15,17,19,27H,7-9,11,13H2,1H3,(H,25,28)/t15-,17+,19+/m0/s1. The third kappa shape index (κ3) is 5.14. The molecule has 0 saturated heterocycles. The van der Waals surface area contributed by atoms with Gasteiger partial charge in [-0.1, -0.05) is 41.9 Å². The first kappa shape index (κ1) is 20.4. The Hall–Kier alpha value is -2.33. The fourth-order valence-corrected chi connectivity index (χ4v) is 4.08. The van der Waals surface area contributed by atoms with Gasteiger partial charge in [0, 0.05) is 17.4 Å². The predicted molar refractivity (Wildman–Crippen MR) is 111 cm³/mol. The monoisotopic (exact) mass is 399 g/mol. The number of rotatable bonds is 7. The number of benzene rings is 2. The Morgan fingerprint density at radius 3 is 2.68 bits per heavy atom. The van der Waals surface area contributed by atoms with Crippen molar-refractivity contribution in [2.45, 2.75) is 51.0 Å². The van der Waals surface area contributed by atoms with E-state index in [1.54, 1.807) is 19.1 Å². The molecule has 5 heteroatoms. The fourth-order valence-electron chi connectivity index (χ4n) is 3.89. The van der Waals surface area contributed by atoms with E-state index >= 15 is 0 Å². The van der Waals surface area contributed by atoms with Crippen molar-refractivity contribution in [3.8, 4) is 5.75 Å². The summed E-state index contributed by atoms with van der Waals surface area (Å²) in [4.78, 5) is 25.0. The van der Waals surface area contributed by atoms with Gasteiger partial charge in [-0.3, -0.25) is 9.59 Å². The molecule has 1 aliphatic rings. The van der Waals surface area contributed by atoms with E-state index in [9.17, 15) is 14.7 Å². The van der Waals surface area contributed by atoms with Gasteiger partial charge in [0.1, 0.15) is 5.75 Å². The Bertz CT molecular complexity index is 837. The quantitative estimate of drug-likeness (QED) is 0.712. The number of aromatic hydroxyl groups is 1. The van der Waals surface area contributed by atoms with Crippen LogP contribution >= 0.6 is 11.6 Å². The zero-order valence-corrected chi connectivity index (χ0v) is 16.8. The number of carbonyl (C=O) groups excluding carboxylic acids is 2. The van der Waals surface area contributed by atoms with Crippen LogP contribution in [0.4, 0.5) is 0 Å². The van der Waals surface area contributed by atoms with Crippen LogP contribution in [0.25, 0.3) is 0 Å². The summed E-state index contributed by atoms with van der Waals surface area (Å²) in [6.07, 6.45) is 3.31. The molecule has 3 atom stereocenters. The van der Waals surface area contributed by atoms with E-state index in [4.69, 9.17) is 11.6 Å². The van der Waals surface area contributed by atoms with E-state index < -0.39 is 6.04 Å². The highest BCUT2D eigenvalue weighted by Gasteiger charge is 2.31. The van der Waals surface area contributed by atoms with E-state index in [0.29, 0.717) is 22.9 Å². The van der Waals surface area contributed by atoms with Gasteiger partial charge in [-0.05, 0) is 67.9 Å². The molecule has 1 amide bonds. The van der Waals surface area contributed by atoms with Crippen LogP contribution in [-0.2, 0) is 16.0 Å². The number of amides is 1. The molecule has 148 valence electrons. The second kappa shape index (κ2) is 9.24. The topological polar surface area (TPSA) is 66.4 Å². The van der Waals surface area contributed by atoms with Crippen molar-refractivity contribution in [1.82, 2.24) is 5.32 Å². The second-order valence-electron chi connectivity index (χ2n) is 7.59. The van der Waals surface area contributed by atoms with Gasteiger partial charge in [0.15, 0.2) is 5.78 Å². The number of aryl methyl sites for hydroxylation is 1. The van der Waals surface area contributed by atoms with Crippen LogP contribution < -0.4 is 5.32 Å². The van der Waals surface area contributed by atoms with Crippen LogP contribution in [0.1, 0.15) is 49.7 Å². The molecule has 4 nitrogen and oxygen atoms in total. The normalized spacial score (nSPS) is 19.9. The second-order valence-corrected chi connectivity index (χ2v) is 8.02. The molecule has 28 heavy (non-hydrogen) atoms. The Morgan fingerprint density at radius 2 is 1.93 bits per heavy atom. The molecule has 0 spiro atoms. The maximum atomic E-state index is 12.6. The van der Waals surface area contributed by atoms with Crippen LogP contribution in [0, 0.1) is 5.92 Å². The van der Waals surface area contributed by atoms with Crippen molar-refractivity contribution in [2.75, 3.05) is 0 Å². The van der Waals surface area contributed by atoms with E-state index in [-0.39, 0.29) is 29.8 Å². The third-order valence-electron chi connectivity index (χ3n) is 5.60. The Kier molecular flexibility index (Phi) is 6.74. The van der Waals surface area contributed by atoms with Gasteiger partial charge in [0.25, 0.3) is 0 Å². The van der Waals surface area contributed by atoms with Crippen molar-refractivity contribution in [2.24, 2.45) is 5.92 Å². The van der Waals surface area contributed by atoms with Gasteiger partial charge >= 0.3 is 0 Å². The lowest BCUT2D eigenvalue weighted by Gasteiger charge is -2.17. The maximum Gasteiger partial charge on any atom is 0.223 e. The molecule has 0 aliphatic heterocycles. The summed E-state index contributed by atoms with van der Waals surface area (Å²) in [5.74, 6) is 0.410. The molecular formula is C23H26ClNO3. The van der Waals surface area contributed by atoms with Crippen molar-refractivity contribution >= 4 is 23.3 Å². The van der Waals surface area contributed by atoms with Gasteiger partial charge in [0.05, 0.1) is 6.04 Å². The lowest BCUT2D eigenvalue weighted by molar-refractivity contribution is -0.129. The zero-order chi connectivity index (χ0) is 20.1. The highest BCUT2D eigenvalue weighted by Crippen LogP contribution is 2.38. The van der Waals surface area contributed by atoms with Crippen molar-refractivity contribution in [3.63, 3.8) is 0 Å². The van der Waals surface area contributed by atoms with E-state index in [0.717, 1.165) is 19.3 Å². The number of hydrogen-bond acceptors (Lipinski definition) is 3. The van der Waals surface area contributed by atoms with Crippen LogP contribution in [-0.4, -0.2) is 22.8 Å². The molecule has 1 fully saturated rings. The molecule has 0 radical (unpaired) electrons. The lowest BCUT2D eigenvalue weighted by Crippen LogP contribution is -2.41. The van der Waals surface area contributed by atoms with Gasteiger partial charge in [-0.2, -0.15) is 0 Å². The molecule has 3 rings (SSSR count). The first-order valence-corrected chi connectivity index (χ1v) is 10.2. The van der Waals surface area contributed by atoms with Crippen LogP contribution in [0.2, 0.25) is 5.02 Å². The largest absolute Gasteiger partial charge is 0.508 e. The SMILES string of the molecule is C[C@H](NC(=O)[C@@H]1CC[C@@H](c2ccccc2)C1)C(=O)CCc1cc(Cl)ccc1O. The van der Waals surface area contributed by atoms with E-state index in [1.165, 1.54) is 11.6 Å². The van der Waals surface area contributed by atoms with Crippen molar-refractivity contribution < 1.29 is 14.7 Å². The smallest absolute Gasteiger partial charge is 0.223 e. The van der Waals surface area contributed by atoms with Gasteiger partial charge < -0.3 is 10.4 Å². The van der Waals surface area contributed by atoms with Crippen molar-refractivity contribution in [3.05, 3.63) is 64.7 Å². The number of hydrogen-bond donors (Lipinski definition) is 2. The number of Topliss-reactive ketones (excluding diaryl/α,β-unsaturated/α-hetero) is 1. The Morgan fingerprint density at radius 1 is 1.18 bits per heavy atom. The highest BCUT2D eigenvalue weighted by atomic mass is 35.5. The lowest BCUT2D eigenvalue weighted by atomic mass is 9.96. The van der Waals surface area contributed by atoms with E-state index in [2.05, 4.69) is 17.4 Å². The van der Waals surface area contributed by atoms with Crippen LogP contribution in [0.3, 0.4) is 0 Å². The minimum absolute atomic E-state index is 0.0371. The molecule has 1 saturated carbocycles. The van der Waals surface area contributed by atoms with Crippen molar-refractivity contribution in [1.29, 1.82) is 0 Å². The maximum absolute atomic E-state index is 12.6. The summed E-state index contributed by atoms with van der Waals surface area (Å²) >= 11 is 5.94. The first-order valence-electron chi connectivity index (χ1n) is 9.79. The highest BCUT2D eigenvalue weighted by molar-refractivity contribution is 6.30. The summed E-state index contributed by atoms with van der Waals surface area (Å²) in [6, 6.07) is 14.5. The molecule has 0 unspecified atom stereocenters. The molecule has 2 aromatic carbocycles. The summed E-state index contributed by atoms with van der Waals surface area (Å²) in [5.41, 5.74) is 1.92. The summed E-state index contributed by atoms with van der Waals surface area (Å²) in [7, 11) is 0. The molecule has 0 bridgehead atoms. The molecule has 2 aromatic rings. The van der Waals surface area contributed by atoms with Crippen LogP contribution in [0.15, 0.2) is 48.5 Å². The molecule has 2 N–H and O–H groups in total. The van der Waals surface area contributed by atoms with Gasteiger partial charge in [-0.15, -0.1) is 0 Å². The van der Waals surface area contributed by atoms with Crippen LogP contribution in [0.5, 0.6) is 5.75 Å². The molecule has 1 aliphatic carbocycles. The molecular weight excluding hydrogens is 374 g/mol. The number of phenolic OH excluding ortho intramolecular Hbond substituents is 1. The van der Waals surface area contributed by atoms with Gasteiger partial charge in [0.2, 0.25) is 5.91 Å². The predicted octanol–water partition coefficient (Wildman–Crippen LogP) is 4.64. The minimum Gasteiger partial charge on any atom is -0.508 e. The average molecular weight is 400 g/mol. The molecule has 0 heterocycles. The number of nitrogens with one attached hydrogen (secondary N) is 1. The zero-order valence-electron chi connectivity index (χ0n) is 16.0. The minimum atomic E-state index is -0.537. The van der Waals surface area contributed by atoms with E-state index in [1.807, 2.05) is 18.2 Å². The average Bonchev–Trinajstić information content (AvgIpc) is 3.19. The number of halogens is 1. The summed E-state index contributed by atoms with van der Waals surface area (Å²) < 4.78 is 0. The van der Waals surface area contributed by atoms with Gasteiger partial charge in [-0.25, -0.2) is 0 Å². The number of carbonyl (C=O) groups is 2. The summed E-state index contributed by atoms with van der Waals surface area (Å²) in [5, 5.41) is 13.3. The Labute approximate surface area is 170 Å².